The molecule has 0 aliphatic carbocycles. The highest BCUT2D eigenvalue weighted by molar-refractivity contribution is 5.86. The summed E-state index contributed by atoms with van der Waals surface area (Å²) in [6.45, 7) is 3.92. The van der Waals surface area contributed by atoms with Crippen molar-refractivity contribution in [1.29, 1.82) is 0 Å². The summed E-state index contributed by atoms with van der Waals surface area (Å²) in [5, 5.41) is 2.42. The van der Waals surface area contributed by atoms with Crippen LogP contribution < -0.4 is 5.73 Å². The molecule has 0 aliphatic heterocycles. The first-order valence-corrected chi connectivity index (χ1v) is 6.47. The van der Waals surface area contributed by atoms with Crippen molar-refractivity contribution in [3.05, 3.63) is 71.2 Å². The lowest BCUT2D eigenvalue weighted by molar-refractivity contribution is 0.500. The van der Waals surface area contributed by atoms with E-state index in [0.717, 1.165) is 22.6 Å². The van der Waals surface area contributed by atoms with Gasteiger partial charge < -0.3 is 10.2 Å². The molecule has 1 aromatic heterocycles. The van der Waals surface area contributed by atoms with Crippen molar-refractivity contribution >= 4 is 10.8 Å². The first-order chi connectivity index (χ1) is 9.16. The summed E-state index contributed by atoms with van der Waals surface area (Å²) in [6.07, 6.45) is 0. The highest BCUT2D eigenvalue weighted by Gasteiger charge is 2.16. The average molecular weight is 251 g/mol. The van der Waals surface area contributed by atoms with Crippen LogP contribution in [0.2, 0.25) is 0 Å². The molecule has 0 aliphatic rings. The van der Waals surface area contributed by atoms with Gasteiger partial charge in [0.05, 0.1) is 6.04 Å². The second-order valence-electron chi connectivity index (χ2n) is 4.91. The number of nitrogens with two attached hydrogens (primary N) is 1. The minimum atomic E-state index is -0.149. The molecule has 3 aromatic rings. The molecule has 0 saturated carbocycles. The zero-order valence-corrected chi connectivity index (χ0v) is 11.2. The molecule has 0 bridgehead atoms. The molecule has 96 valence electrons. The number of hydrogen-bond acceptors (Lipinski definition) is 2. The molecule has 1 unspecified atom stereocenters. The highest BCUT2D eigenvalue weighted by Crippen LogP contribution is 2.30. The fraction of sp³-hybridized carbons (Fsp3) is 0.176. The Labute approximate surface area is 112 Å². The van der Waals surface area contributed by atoms with Gasteiger partial charge in [-0.15, -0.1) is 0 Å². The number of benzene rings is 2. The van der Waals surface area contributed by atoms with Crippen LogP contribution >= 0.6 is 0 Å². The Bertz CT molecular complexity index is 722. The SMILES string of the molecule is Cc1cc(C(N)c2cccc3ccccc23)c(C)o1. The minimum absolute atomic E-state index is 0.149. The fourth-order valence-electron chi connectivity index (χ4n) is 2.65. The molecule has 19 heavy (non-hydrogen) atoms. The Kier molecular flexibility index (Phi) is 2.88. The third-order valence-corrected chi connectivity index (χ3v) is 3.57. The quantitative estimate of drug-likeness (QED) is 0.744. The summed E-state index contributed by atoms with van der Waals surface area (Å²) in [5.41, 5.74) is 8.64. The molecular weight excluding hydrogens is 234 g/mol. The van der Waals surface area contributed by atoms with E-state index >= 15 is 0 Å². The van der Waals surface area contributed by atoms with Gasteiger partial charge in [-0.2, -0.15) is 0 Å². The van der Waals surface area contributed by atoms with E-state index in [1.807, 2.05) is 32.0 Å². The van der Waals surface area contributed by atoms with Crippen LogP contribution in [0.1, 0.15) is 28.7 Å². The van der Waals surface area contributed by atoms with E-state index in [9.17, 15) is 0 Å². The predicted octanol–water partition coefficient (Wildman–Crippen LogP) is 4.10. The largest absolute Gasteiger partial charge is 0.466 e. The van der Waals surface area contributed by atoms with Crippen molar-refractivity contribution in [2.75, 3.05) is 0 Å². The maximum Gasteiger partial charge on any atom is 0.106 e. The van der Waals surface area contributed by atoms with Gasteiger partial charge in [0.15, 0.2) is 0 Å². The van der Waals surface area contributed by atoms with Crippen LogP contribution in [0.5, 0.6) is 0 Å². The molecule has 2 N–H and O–H groups in total. The zero-order valence-electron chi connectivity index (χ0n) is 11.2. The predicted molar refractivity (Wildman–Crippen MR) is 78.2 cm³/mol. The van der Waals surface area contributed by atoms with Gasteiger partial charge in [-0.3, -0.25) is 0 Å². The first kappa shape index (κ1) is 12.0. The molecule has 2 heteroatoms. The normalized spacial score (nSPS) is 12.8. The Hall–Kier alpha value is -2.06. The Morgan fingerprint density at radius 3 is 2.42 bits per heavy atom. The number of rotatable bonds is 2. The van der Waals surface area contributed by atoms with Crippen LogP contribution in [0.3, 0.4) is 0 Å². The summed E-state index contributed by atoms with van der Waals surface area (Å²) in [4.78, 5) is 0. The maximum atomic E-state index is 6.44. The lowest BCUT2D eigenvalue weighted by atomic mass is 9.94. The van der Waals surface area contributed by atoms with Gasteiger partial charge in [0, 0.05) is 5.56 Å². The fourth-order valence-corrected chi connectivity index (χ4v) is 2.65. The number of aryl methyl sites for hydroxylation is 2. The van der Waals surface area contributed by atoms with E-state index in [4.69, 9.17) is 10.2 Å². The number of furan rings is 1. The second kappa shape index (κ2) is 4.56. The molecular formula is C17H17NO. The van der Waals surface area contributed by atoms with Gasteiger partial charge in [0.2, 0.25) is 0 Å². The molecule has 0 spiro atoms. The van der Waals surface area contributed by atoms with Crippen molar-refractivity contribution in [3.8, 4) is 0 Å². The number of fused-ring (bicyclic) bond motifs is 1. The van der Waals surface area contributed by atoms with Gasteiger partial charge in [0.1, 0.15) is 11.5 Å². The number of hydrogen-bond donors (Lipinski definition) is 1. The van der Waals surface area contributed by atoms with Crippen LogP contribution in [-0.4, -0.2) is 0 Å². The zero-order chi connectivity index (χ0) is 13.4. The summed E-state index contributed by atoms with van der Waals surface area (Å²) >= 11 is 0. The van der Waals surface area contributed by atoms with Crippen molar-refractivity contribution in [1.82, 2.24) is 0 Å². The van der Waals surface area contributed by atoms with Gasteiger partial charge in [-0.25, -0.2) is 0 Å². The van der Waals surface area contributed by atoms with Crippen LogP contribution in [0.25, 0.3) is 10.8 Å². The van der Waals surface area contributed by atoms with Crippen molar-refractivity contribution in [2.45, 2.75) is 19.9 Å². The Morgan fingerprint density at radius 2 is 1.68 bits per heavy atom. The monoisotopic (exact) mass is 251 g/mol. The highest BCUT2D eigenvalue weighted by atomic mass is 16.3. The van der Waals surface area contributed by atoms with E-state index in [2.05, 4.69) is 30.3 Å². The smallest absolute Gasteiger partial charge is 0.106 e. The third-order valence-electron chi connectivity index (χ3n) is 3.57. The molecule has 2 nitrogen and oxygen atoms in total. The first-order valence-electron chi connectivity index (χ1n) is 6.47. The van der Waals surface area contributed by atoms with Crippen LogP contribution in [0.15, 0.2) is 52.9 Å². The van der Waals surface area contributed by atoms with Crippen LogP contribution in [0.4, 0.5) is 0 Å². The van der Waals surface area contributed by atoms with Gasteiger partial charge in [0.25, 0.3) is 0 Å². The van der Waals surface area contributed by atoms with Gasteiger partial charge in [-0.05, 0) is 36.2 Å². The molecule has 2 aromatic carbocycles. The Morgan fingerprint density at radius 1 is 0.947 bits per heavy atom. The summed E-state index contributed by atoms with van der Waals surface area (Å²) in [5.74, 6) is 1.81. The van der Waals surface area contributed by atoms with Crippen molar-refractivity contribution in [3.63, 3.8) is 0 Å². The van der Waals surface area contributed by atoms with Gasteiger partial charge in [-0.1, -0.05) is 42.5 Å². The third kappa shape index (κ3) is 2.04. The van der Waals surface area contributed by atoms with E-state index in [-0.39, 0.29) is 6.04 Å². The van der Waals surface area contributed by atoms with Crippen molar-refractivity contribution < 1.29 is 4.42 Å². The average Bonchev–Trinajstić information content (AvgIpc) is 2.76. The molecule has 0 fully saturated rings. The lowest BCUT2D eigenvalue weighted by Crippen LogP contribution is -2.12. The van der Waals surface area contributed by atoms with Crippen molar-refractivity contribution in [2.24, 2.45) is 5.73 Å². The van der Waals surface area contributed by atoms with E-state index in [0.29, 0.717) is 0 Å². The van der Waals surface area contributed by atoms with E-state index < -0.39 is 0 Å². The Balaban J connectivity index is 2.16. The lowest BCUT2D eigenvalue weighted by Gasteiger charge is -2.14. The minimum Gasteiger partial charge on any atom is -0.466 e. The molecule has 0 saturated heterocycles. The molecule has 0 radical (unpaired) electrons. The standard InChI is InChI=1S/C17H17NO/c1-11-10-16(12(2)19-11)17(18)15-9-5-7-13-6-3-4-8-14(13)15/h3-10,17H,18H2,1-2H3. The molecule has 3 rings (SSSR count). The van der Waals surface area contributed by atoms with Crippen LogP contribution in [-0.2, 0) is 0 Å². The molecule has 1 atom stereocenters. The van der Waals surface area contributed by atoms with Gasteiger partial charge >= 0.3 is 0 Å². The summed E-state index contributed by atoms with van der Waals surface area (Å²) in [7, 11) is 0. The van der Waals surface area contributed by atoms with Crippen LogP contribution in [0, 0.1) is 13.8 Å². The topological polar surface area (TPSA) is 39.2 Å². The van der Waals surface area contributed by atoms with E-state index in [1.54, 1.807) is 0 Å². The molecule has 0 amide bonds. The summed E-state index contributed by atoms with van der Waals surface area (Å²) < 4.78 is 5.59. The molecule has 1 heterocycles. The maximum absolute atomic E-state index is 6.44. The second-order valence-corrected chi connectivity index (χ2v) is 4.91. The summed E-state index contributed by atoms with van der Waals surface area (Å²) in [6, 6.07) is 16.5. The van der Waals surface area contributed by atoms with E-state index in [1.165, 1.54) is 10.8 Å².